The number of hydrogen-bond donors (Lipinski definition) is 3. The van der Waals surface area contributed by atoms with Gasteiger partial charge in [0.05, 0.1) is 11.6 Å². The van der Waals surface area contributed by atoms with E-state index >= 15 is 0 Å². The highest BCUT2D eigenvalue weighted by Gasteiger charge is 2.09. The number of tetrazole rings is 1. The Balaban J connectivity index is 1.85. The number of aromatic amines is 1. The van der Waals surface area contributed by atoms with E-state index < -0.39 is 0 Å². The number of amides is 1. The standard InChI is InChI=1S/C13H17ClN6O2/c14-10-8-9(2-3-11(10)22-7-1-5-15)13(21)16-6-4-12-17-19-20-18-12/h2-3,8H,1,4-7,15H2,(H,16,21)(H,17,18,19,20). The molecule has 8 nitrogen and oxygen atoms in total. The van der Waals surface area contributed by atoms with Crippen LogP contribution in [0.25, 0.3) is 0 Å². The highest BCUT2D eigenvalue weighted by molar-refractivity contribution is 6.32. The monoisotopic (exact) mass is 324 g/mol. The molecular formula is C13H17ClN6O2. The molecular weight excluding hydrogens is 308 g/mol. The summed E-state index contributed by atoms with van der Waals surface area (Å²) in [6.07, 6.45) is 1.24. The Morgan fingerprint density at radius 3 is 3.00 bits per heavy atom. The van der Waals surface area contributed by atoms with Crippen molar-refractivity contribution in [1.29, 1.82) is 0 Å². The number of aromatic nitrogens is 4. The number of nitrogens with two attached hydrogens (primary N) is 1. The Morgan fingerprint density at radius 2 is 2.32 bits per heavy atom. The zero-order valence-electron chi connectivity index (χ0n) is 11.9. The van der Waals surface area contributed by atoms with Gasteiger partial charge in [-0.2, -0.15) is 5.21 Å². The molecule has 118 valence electrons. The molecule has 0 atom stereocenters. The molecule has 9 heteroatoms. The Kier molecular flexibility index (Phi) is 6.11. The Morgan fingerprint density at radius 1 is 1.45 bits per heavy atom. The Labute approximate surface area is 132 Å². The highest BCUT2D eigenvalue weighted by Crippen LogP contribution is 2.25. The van der Waals surface area contributed by atoms with Gasteiger partial charge in [0.2, 0.25) is 0 Å². The molecule has 0 unspecified atom stereocenters. The molecule has 0 aliphatic heterocycles. The van der Waals surface area contributed by atoms with Gasteiger partial charge in [-0.25, -0.2) is 0 Å². The maximum Gasteiger partial charge on any atom is 0.251 e. The summed E-state index contributed by atoms with van der Waals surface area (Å²) >= 11 is 6.10. The summed E-state index contributed by atoms with van der Waals surface area (Å²) < 4.78 is 5.47. The fraction of sp³-hybridized carbons (Fsp3) is 0.385. The molecule has 1 aromatic heterocycles. The average molecular weight is 325 g/mol. The maximum absolute atomic E-state index is 12.0. The molecule has 22 heavy (non-hydrogen) atoms. The minimum absolute atomic E-state index is 0.223. The third-order valence-corrected chi connectivity index (χ3v) is 3.12. The van der Waals surface area contributed by atoms with Crippen LogP contribution in [-0.4, -0.2) is 46.2 Å². The summed E-state index contributed by atoms with van der Waals surface area (Å²) in [6.45, 7) is 1.45. The molecule has 2 aromatic rings. The topological polar surface area (TPSA) is 119 Å². The molecule has 0 saturated heterocycles. The molecule has 4 N–H and O–H groups in total. The van der Waals surface area contributed by atoms with Crippen molar-refractivity contribution in [1.82, 2.24) is 25.9 Å². The van der Waals surface area contributed by atoms with Crippen LogP contribution in [0.4, 0.5) is 0 Å². The molecule has 0 radical (unpaired) electrons. The van der Waals surface area contributed by atoms with Gasteiger partial charge in [0, 0.05) is 18.5 Å². The van der Waals surface area contributed by atoms with Crippen molar-refractivity contribution in [2.24, 2.45) is 5.73 Å². The van der Waals surface area contributed by atoms with Gasteiger partial charge in [0.15, 0.2) is 5.82 Å². The van der Waals surface area contributed by atoms with Crippen molar-refractivity contribution < 1.29 is 9.53 Å². The van der Waals surface area contributed by atoms with Gasteiger partial charge in [-0.3, -0.25) is 4.79 Å². The molecule has 0 bridgehead atoms. The van der Waals surface area contributed by atoms with Crippen LogP contribution in [-0.2, 0) is 6.42 Å². The third kappa shape index (κ3) is 4.68. The van der Waals surface area contributed by atoms with E-state index in [1.54, 1.807) is 18.2 Å². The zero-order valence-corrected chi connectivity index (χ0v) is 12.6. The van der Waals surface area contributed by atoms with Crippen molar-refractivity contribution in [3.8, 4) is 5.75 Å². The smallest absolute Gasteiger partial charge is 0.251 e. The van der Waals surface area contributed by atoms with Gasteiger partial charge in [0.1, 0.15) is 5.75 Å². The molecule has 0 aliphatic carbocycles. The van der Waals surface area contributed by atoms with E-state index in [1.807, 2.05) is 0 Å². The van der Waals surface area contributed by atoms with Gasteiger partial charge < -0.3 is 15.8 Å². The number of nitrogens with one attached hydrogen (secondary N) is 2. The average Bonchev–Trinajstić information content (AvgIpc) is 3.02. The predicted octanol–water partition coefficient (Wildman–Crippen LogP) is 0.553. The van der Waals surface area contributed by atoms with E-state index in [9.17, 15) is 4.79 Å². The van der Waals surface area contributed by atoms with Gasteiger partial charge in [-0.1, -0.05) is 16.8 Å². The minimum atomic E-state index is -0.223. The van der Waals surface area contributed by atoms with Crippen LogP contribution in [0.1, 0.15) is 22.6 Å². The van der Waals surface area contributed by atoms with Crippen molar-refractivity contribution in [2.75, 3.05) is 19.7 Å². The molecule has 0 fully saturated rings. The minimum Gasteiger partial charge on any atom is -0.492 e. The lowest BCUT2D eigenvalue weighted by Gasteiger charge is -2.09. The maximum atomic E-state index is 12.0. The molecule has 1 heterocycles. The Hall–Kier alpha value is -2.19. The summed E-state index contributed by atoms with van der Waals surface area (Å²) in [5.41, 5.74) is 5.86. The normalized spacial score (nSPS) is 10.5. The van der Waals surface area contributed by atoms with Crippen LogP contribution in [0.2, 0.25) is 5.02 Å². The number of benzene rings is 1. The molecule has 0 spiro atoms. The lowest BCUT2D eigenvalue weighted by Crippen LogP contribution is -2.26. The van der Waals surface area contributed by atoms with Crippen LogP contribution in [0.3, 0.4) is 0 Å². The van der Waals surface area contributed by atoms with E-state index in [0.717, 1.165) is 6.42 Å². The van der Waals surface area contributed by atoms with E-state index in [4.69, 9.17) is 22.1 Å². The number of carbonyl (C=O) groups excluding carboxylic acids is 1. The summed E-state index contributed by atoms with van der Waals surface area (Å²) in [7, 11) is 0. The predicted molar refractivity (Wildman–Crippen MR) is 80.8 cm³/mol. The van der Waals surface area contributed by atoms with Crippen LogP contribution in [0.5, 0.6) is 5.75 Å². The number of hydrogen-bond acceptors (Lipinski definition) is 6. The van der Waals surface area contributed by atoms with Gasteiger partial charge in [0.25, 0.3) is 5.91 Å². The van der Waals surface area contributed by atoms with E-state index in [1.165, 1.54) is 0 Å². The van der Waals surface area contributed by atoms with Crippen molar-refractivity contribution in [2.45, 2.75) is 12.8 Å². The zero-order chi connectivity index (χ0) is 15.8. The second kappa shape index (κ2) is 8.30. The fourth-order valence-corrected chi connectivity index (χ4v) is 1.94. The van der Waals surface area contributed by atoms with Crippen molar-refractivity contribution >= 4 is 17.5 Å². The number of carbonyl (C=O) groups is 1. The van der Waals surface area contributed by atoms with Crippen molar-refractivity contribution in [3.05, 3.63) is 34.6 Å². The second-order valence-corrected chi connectivity index (χ2v) is 4.88. The van der Waals surface area contributed by atoms with Crippen LogP contribution < -0.4 is 15.8 Å². The van der Waals surface area contributed by atoms with Crippen molar-refractivity contribution in [3.63, 3.8) is 0 Å². The largest absolute Gasteiger partial charge is 0.492 e. The first kappa shape index (κ1) is 16.2. The van der Waals surface area contributed by atoms with Gasteiger partial charge >= 0.3 is 0 Å². The first-order valence-electron chi connectivity index (χ1n) is 6.83. The SMILES string of the molecule is NCCCOc1ccc(C(=O)NCCc2nn[nH]n2)cc1Cl. The summed E-state index contributed by atoms with van der Waals surface area (Å²) in [4.78, 5) is 12.0. The molecule has 2 rings (SSSR count). The highest BCUT2D eigenvalue weighted by atomic mass is 35.5. The fourth-order valence-electron chi connectivity index (χ4n) is 1.70. The second-order valence-electron chi connectivity index (χ2n) is 4.47. The number of halogens is 1. The first-order valence-corrected chi connectivity index (χ1v) is 7.21. The van der Waals surface area contributed by atoms with Gasteiger partial charge in [-0.05, 0) is 31.2 Å². The first-order chi connectivity index (χ1) is 10.7. The number of rotatable bonds is 8. The van der Waals surface area contributed by atoms with E-state index in [2.05, 4.69) is 25.9 Å². The van der Waals surface area contributed by atoms with Crippen LogP contribution in [0.15, 0.2) is 18.2 Å². The molecule has 1 aromatic carbocycles. The van der Waals surface area contributed by atoms with Crippen LogP contribution >= 0.6 is 11.6 Å². The quantitative estimate of drug-likeness (QED) is 0.610. The lowest BCUT2D eigenvalue weighted by atomic mass is 10.2. The summed E-state index contributed by atoms with van der Waals surface area (Å²) in [5, 5.41) is 16.5. The lowest BCUT2D eigenvalue weighted by molar-refractivity contribution is 0.0954. The number of ether oxygens (including phenoxy) is 1. The number of H-pyrrole nitrogens is 1. The van der Waals surface area contributed by atoms with Crippen LogP contribution in [0, 0.1) is 0 Å². The molecule has 0 saturated carbocycles. The summed E-state index contributed by atoms with van der Waals surface area (Å²) in [6, 6.07) is 4.91. The third-order valence-electron chi connectivity index (χ3n) is 2.82. The summed E-state index contributed by atoms with van der Waals surface area (Å²) in [5.74, 6) is 0.861. The van der Waals surface area contributed by atoms with Gasteiger partial charge in [-0.15, -0.1) is 10.2 Å². The molecule has 0 aliphatic rings. The Bertz CT molecular complexity index is 605. The molecule has 1 amide bonds. The number of nitrogens with zero attached hydrogens (tertiary/aromatic N) is 3. The van der Waals surface area contributed by atoms with E-state index in [-0.39, 0.29) is 5.91 Å². The van der Waals surface area contributed by atoms with E-state index in [0.29, 0.717) is 48.3 Å².